The van der Waals surface area contributed by atoms with Crippen molar-refractivity contribution < 1.29 is 8.42 Å². The predicted molar refractivity (Wildman–Crippen MR) is 132 cm³/mol. The van der Waals surface area contributed by atoms with Crippen molar-refractivity contribution in [2.24, 2.45) is 0 Å². The van der Waals surface area contributed by atoms with E-state index >= 15 is 0 Å². The molecule has 9 heteroatoms. The standard InChI is InChI=1S/C23H27ClN4O2S2/c1-3-12-26(21-11-13-32(29,30)15-21)16-27-23(31)28(20-6-4-5-17(2)14-20)22(25-27)18-7-9-19(24)10-8-18/h4-10,14,21H,3,11-13,15-16H2,1-2H3. The van der Waals surface area contributed by atoms with Gasteiger partial charge < -0.3 is 0 Å². The van der Waals surface area contributed by atoms with Crippen molar-refractivity contribution >= 4 is 33.7 Å². The summed E-state index contributed by atoms with van der Waals surface area (Å²) < 4.78 is 28.5. The van der Waals surface area contributed by atoms with Crippen LogP contribution >= 0.6 is 23.8 Å². The fourth-order valence-electron chi connectivity index (χ4n) is 4.18. The highest BCUT2D eigenvalue weighted by Crippen LogP contribution is 2.26. The highest BCUT2D eigenvalue weighted by atomic mass is 35.5. The normalized spacial score (nSPS) is 17.8. The lowest BCUT2D eigenvalue weighted by atomic mass is 10.2. The lowest BCUT2D eigenvalue weighted by Crippen LogP contribution is -2.38. The summed E-state index contributed by atoms with van der Waals surface area (Å²) in [6, 6.07) is 15.7. The quantitative estimate of drug-likeness (QED) is 0.441. The highest BCUT2D eigenvalue weighted by Gasteiger charge is 2.32. The third-order valence-corrected chi connectivity index (χ3v) is 8.15. The zero-order valence-corrected chi connectivity index (χ0v) is 20.6. The van der Waals surface area contributed by atoms with Crippen molar-refractivity contribution in [1.29, 1.82) is 0 Å². The van der Waals surface area contributed by atoms with Crippen molar-refractivity contribution in [3.05, 3.63) is 63.9 Å². The molecule has 0 saturated carbocycles. The Labute approximate surface area is 199 Å². The first-order valence-corrected chi connectivity index (χ1v) is 13.4. The molecular formula is C23H27ClN4O2S2. The molecule has 1 atom stereocenters. The Morgan fingerprint density at radius 3 is 2.59 bits per heavy atom. The summed E-state index contributed by atoms with van der Waals surface area (Å²) in [6.45, 7) is 5.38. The Morgan fingerprint density at radius 2 is 1.97 bits per heavy atom. The summed E-state index contributed by atoms with van der Waals surface area (Å²) in [6.07, 6.45) is 1.57. The number of halogens is 1. The van der Waals surface area contributed by atoms with Gasteiger partial charge in [0.25, 0.3) is 0 Å². The zero-order valence-electron chi connectivity index (χ0n) is 18.2. The van der Waals surface area contributed by atoms with Gasteiger partial charge in [-0.3, -0.25) is 9.47 Å². The van der Waals surface area contributed by atoms with Crippen LogP contribution in [0.3, 0.4) is 0 Å². The van der Waals surface area contributed by atoms with Gasteiger partial charge in [-0.15, -0.1) is 5.10 Å². The van der Waals surface area contributed by atoms with Gasteiger partial charge in [-0.25, -0.2) is 13.1 Å². The number of nitrogens with zero attached hydrogens (tertiary/aromatic N) is 4. The van der Waals surface area contributed by atoms with Gasteiger partial charge in [-0.05, 0) is 80.5 Å². The summed E-state index contributed by atoms with van der Waals surface area (Å²) in [7, 11) is -2.97. The van der Waals surface area contributed by atoms with Crippen LogP contribution in [0.4, 0.5) is 0 Å². The first kappa shape index (κ1) is 23.2. The summed E-state index contributed by atoms with van der Waals surface area (Å²) >= 11 is 12.0. The molecule has 0 amide bonds. The molecule has 0 N–H and O–H groups in total. The van der Waals surface area contributed by atoms with Crippen LogP contribution in [-0.2, 0) is 16.5 Å². The van der Waals surface area contributed by atoms with Crippen LogP contribution < -0.4 is 0 Å². The molecule has 6 nitrogen and oxygen atoms in total. The molecule has 2 heterocycles. The number of benzene rings is 2. The van der Waals surface area contributed by atoms with Gasteiger partial charge in [0.15, 0.2) is 15.7 Å². The van der Waals surface area contributed by atoms with Gasteiger partial charge in [0.1, 0.15) is 0 Å². The van der Waals surface area contributed by atoms with E-state index in [1.165, 1.54) is 0 Å². The lowest BCUT2D eigenvalue weighted by Gasteiger charge is -2.27. The maximum Gasteiger partial charge on any atom is 0.204 e. The topological polar surface area (TPSA) is 60.1 Å². The largest absolute Gasteiger partial charge is 0.280 e. The van der Waals surface area contributed by atoms with Gasteiger partial charge in [0.05, 0.1) is 23.9 Å². The molecule has 1 fully saturated rings. The molecular weight excluding hydrogens is 464 g/mol. The van der Waals surface area contributed by atoms with Crippen LogP contribution in [0.15, 0.2) is 48.5 Å². The van der Waals surface area contributed by atoms with E-state index < -0.39 is 9.84 Å². The Kier molecular flexibility index (Phi) is 6.86. The minimum absolute atomic E-state index is 0.00930. The van der Waals surface area contributed by atoms with Crippen molar-refractivity contribution in [2.75, 3.05) is 18.1 Å². The molecule has 0 radical (unpaired) electrons. The van der Waals surface area contributed by atoms with Crippen LogP contribution in [0.2, 0.25) is 5.02 Å². The maximum absolute atomic E-state index is 12.1. The summed E-state index contributed by atoms with van der Waals surface area (Å²) in [5.41, 5.74) is 2.98. The van der Waals surface area contributed by atoms with Crippen LogP contribution in [-0.4, -0.2) is 51.8 Å². The van der Waals surface area contributed by atoms with Crippen LogP contribution in [0.5, 0.6) is 0 Å². The average molecular weight is 491 g/mol. The molecule has 0 bridgehead atoms. The van der Waals surface area contributed by atoms with Crippen LogP contribution in [0.1, 0.15) is 25.3 Å². The second kappa shape index (κ2) is 9.47. The number of sulfone groups is 1. The van der Waals surface area contributed by atoms with Crippen LogP contribution in [0.25, 0.3) is 17.1 Å². The Hall–Kier alpha value is -2.00. The Balaban J connectivity index is 1.78. The molecule has 3 aromatic rings. The predicted octanol–water partition coefficient (Wildman–Crippen LogP) is 4.89. The Morgan fingerprint density at radius 1 is 1.22 bits per heavy atom. The highest BCUT2D eigenvalue weighted by molar-refractivity contribution is 7.91. The van der Waals surface area contributed by atoms with E-state index in [1.54, 1.807) is 0 Å². The molecule has 2 aromatic carbocycles. The van der Waals surface area contributed by atoms with E-state index in [0.29, 0.717) is 22.9 Å². The fraction of sp³-hybridized carbons (Fsp3) is 0.391. The van der Waals surface area contributed by atoms with E-state index in [4.69, 9.17) is 28.9 Å². The molecule has 1 aliphatic heterocycles. The van der Waals surface area contributed by atoms with Crippen molar-refractivity contribution in [1.82, 2.24) is 19.2 Å². The molecule has 32 heavy (non-hydrogen) atoms. The van der Waals surface area contributed by atoms with Crippen molar-refractivity contribution in [2.45, 2.75) is 39.4 Å². The monoisotopic (exact) mass is 490 g/mol. The second-order valence-electron chi connectivity index (χ2n) is 8.30. The maximum atomic E-state index is 12.1. The summed E-state index contributed by atoms with van der Waals surface area (Å²) in [5, 5.41) is 5.54. The van der Waals surface area contributed by atoms with E-state index in [2.05, 4.69) is 17.9 Å². The third kappa shape index (κ3) is 4.98. The summed E-state index contributed by atoms with van der Waals surface area (Å²) in [5.74, 6) is 1.17. The number of rotatable bonds is 7. The molecule has 0 spiro atoms. The number of hydrogen-bond donors (Lipinski definition) is 0. The molecule has 1 saturated heterocycles. The van der Waals surface area contributed by atoms with E-state index in [9.17, 15) is 8.42 Å². The smallest absolute Gasteiger partial charge is 0.204 e. The lowest BCUT2D eigenvalue weighted by molar-refractivity contribution is 0.155. The van der Waals surface area contributed by atoms with Gasteiger partial charge in [0, 0.05) is 16.6 Å². The molecule has 1 aliphatic rings. The Bertz CT molecular complexity index is 1270. The molecule has 1 unspecified atom stereocenters. The zero-order chi connectivity index (χ0) is 22.9. The third-order valence-electron chi connectivity index (χ3n) is 5.75. The van der Waals surface area contributed by atoms with Gasteiger partial charge in [0.2, 0.25) is 4.77 Å². The number of aryl methyl sites for hydroxylation is 1. The molecule has 1 aromatic heterocycles. The minimum atomic E-state index is -2.97. The van der Waals surface area contributed by atoms with E-state index in [1.807, 2.05) is 58.6 Å². The van der Waals surface area contributed by atoms with Crippen molar-refractivity contribution in [3.8, 4) is 17.1 Å². The average Bonchev–Trinajstić information content (AvgIpc) is 3.27. The molecule has 170 valence electrons. The first-order valence-electron chi connectivity index (χ1n) is 10.7. The number of hydrogen-bond acceptors (Lipinski definition) is 5. The molecule has 0 aliphatic carbocycles. The van der Waals surface area contributed by atoms with Gasteiger partial charge >= 0.3 is 0 Å². The van der Waals surface area contributed by atoms with Gasteiger partial charge in [-0.2, -0.15) is 0 Å². The number of aromatic nitrogens is 3. The van der Waals surface area contributed by atoms with Crippen molar-refractivity contribution in [3.63, 3.8) is 0 Å². The van der Waals surface area contributed by atoms with Crippen LogP contribution in [0, 0.1) is 11.7 Å². The summed E-state index contributed by atoms with van der Waals surface area (Å²) in [4.78, 5) is 2.19. The van der Waals surface area contributed by atoms with E-state index in [0.717, 1.165) is 35.6 Å². The first-order chi connectivity index (χ1) is 15.3. The SMILES string of the molecule is CCCN(Cn1nc(-c2ccc(Cl)cc2)n(-c2cccc(C)c2)c1=S)C1CCS(=O)(=O)C1. The minimum Gasteiger partial charge on any atom is -0.280 e. The van der Waals surface area contributed by atoms with E-state index in [-0.39, 0.29) is 17.5 Å². The molecule has 4 rings (SSSR count). The van der Waals surface area contributed by atoms with Gasteiger partial charge in [-0.1, -0.05) is 30.7 Å². The fourth-order valence-corrected chi connectivity index (χ4v) is 6.35. The second-order valence-corrected chi connectivity index (χ2v) is 11.3.